The van der Waals surface area contributed by atoms with Crippen molar-refractivity contribution in [1.29, 1.82) is 0 Å². The van der Waals surface area contributed by atoms with E-state index in [9.17, 15) is 18.0 Å². The maximum Gasteiger partial charge on any atom is 0.418 e. The topological polar surface area (TPSA) is 118 Å². The summed E-state index contributed by atoms with van der Waals surface area (Å²) >= 11 is 0. The number of nitrogens with zero attached hydrogens (tertiary/aromatic N) is 2. The molecule has 9 heteroatoms. The second kappa shape index (κ2) is 10.1. The van der Waals surface area contributed by atoms with Crippen LogP contribution in [-0.2, 0) is 28.3 Å². The molecule has 0 saturated heterocycles. The van der Waals surface area contributed by atoms with Crippen molar-refractivity contribution in [3.63, 3.8) is 0 Å². The molecule has 0 bridgehead atoms. The van der Waals surface area contributed by atoms with E-state index in [1.165, 1.54) is 13.0 Å². The SMILES string of the molecule is CCc1nc2cc(C(C)=O)ccc2n1-c1ccc(CC(C)(C)c2cc(C)ccc2S(=O)(=O)NC(=O)O)cc1. The Morgan fingerprint density at radius 2 is 1.71 bits per heavy atom. The van der Waals surface area contributed by atoms with E-state index in [4.69, 9.17) is 10.1 Å². The molecule has 0 saturated carbocycles. The second-order valence-corrected chi connectivity index (χ2v) is 11.8. The summed E-state index contributed by atoms with van der Waals surface area (Å²) in [6.45, 7) is 9.33. The first kappa shape index (κ1) is 27.1. The highest BCUT2D eigenvalue weighted by Gasteiger charge is 2.30. The molecule has 198 valence electrons. The van der Waals surface area contributed by atoms with Crippen molar-refractivity contribution in [1.82, 2.24) is 14.3 Å². The van der Waals surface area contributed by atoms with Gasteiger partial charge in [-0.2, -0.15) is 0 Å². The Morgan fingerprint density at radius 1 is 1.03 bits per heavy atom. The molecule has 0 spiro atoms. The molecule has 4 rings (SSSR count). The van der Waals surface area contributed by atoms with E-state index < -0.39 is 21.5 Å². The largest absolute Gasteiger partial charge is 0.464 e. The zero-order valence-electron chi connectivity index (χ0n) is 22.1. The third-order valence-corrected chi connectivity index (χ3v) is 8.04. The van der Waals surface area contributed by atoms with Crippen LogP contribution in [0.1, 0.15) is 60.6 Å². The monoisotopic (exact) mass is 533 g/mol. The Morgan fingerprint density at radius 3 is 2.32 bits per heavy atom. The van der Waals surface area contributed by atoms with Crippen LogP contribution < -0.4 is 4.72 Å². The number of imidazole rings is 1. The number of amides is 1. The van der Waals surface area contributed by atoms with E-state index in [1.54, 1.807) is 16.9 Å². The molecule has 0 unspecified atom stereocenters. The van der Waals surface area contributed by atoms with Crippen molar-refractivity contribution >= 4 is 32.9 Å². The minimum absolute atomic E-state index is 0.00484. The van der Waals surface area contributed by atoms with Gasteiger partial charge in [-0.25, -0.2) is 22.9 Å². The first-order valence-electron chi connectivity index (χ1n) is 12.3. The fraction of sp³-hybridized carbons (Fsp3) is 0.276. The van der Waals surface area contributed by atoms with Crippen LogP contribution in [0.3, 0.4) is 0 Å². The van der Waals surface area contributed by atoms with Crippen LogP contribution in [0.15, 0.2) is 65.6 Å². The van der Waals surface area contributed by atoms with Crippen molar-refractivity contribution in [3.05, 3.63) is 88.7 Å². The standard InChI is InChI=1S/C29H31N3O5S/c1-6-27-30-24-16-21(19(3)33)10-13-25(24)32(27)22-11-8-20(9-12-22)17-29(4,5)23-15-18(2)7-14-26(23)38(36,37)31-28(34)35/h7-16,31H,6,17H2,1-5H3,(H,34,35). The van der Waals surface area contributed by atoms with Crippen molar-refractivity contribution < 1.29 is 23.1 Å². The molecule has 4 aromatic rings. The minimum Gasteiger partial charge on any atom is -0.464 e. The highest BCUT2D eigenvalue weighted by Crippen LogP contribution is 2.34. The third kappa shape index (κ3) is 5.33. The van der Waals surface area contributed by atoms with Crippen LogP contribution in [0.2, 0.25) is 0 Å². The van der Waals surface area contributed by atoms with E-state index in [0.717, 1.165) is 33.7 Å². The van der Waals surface area contributed by atoms with Crippen molar-refractivity contribution in [2.75, 3.05) is 0 Å². The van der Waals surface area contributed by atoms with Gasteiger partial charge in [-0.3, -0.25) is 9.36 Å². The number of nitrogens with one attached hydrogen (secondary N) is 1. The number of aromatic nitrogens is 2. The Labute approximate surface area is 222 Å². The molecule has 1 heterocycles. The number of sulfonamides is 1. The van der Waals surface area contributed by atoms with Gasteiger partial charge < -0.3 is 5.11 Å². The summed E-state index contributed by atoms with van der Waals surface area (Å²) in [6.07, 6.45) is -0.381. The average molecular weight is 534 g/mol. The van der Waals surface area contributed by atoms with Gasteiger partial charge in [0.2, 0.25) is 0 Å². The van der Waals surface area contributed by atoms with Gasteiger partial charge in [0, 0.05) is 17.7 Å². The number of benzene rings is 3. The van der Waals surface area contributed by atoms with Crippen LogP contribution in [0.5, 0.6) is 0 Å². The predicted octanol–water partition coefficient (Wildman–Crippen LogP) is 5.58. The summed E-state index contributed by atoms with van der Waals surface area (Å²) in [5.74, 6) is 0.879. The van der Waals surface area contributed by atoms with E-state index >= 15 is 0 Å². The number of hydrogen-bond donors (Lipinski definition) is 2. The maximum absolute atomic E-state index is 12.8. The van der Waals surface area contributed by atoms with Crippen LogP contribution in [0.25, 0.3) is 16.7 Å². The number of ketones is 1. The number of hydrogen-bond acceptors (Lipinski definition) is 5. The molecule has 1 aromatic heterocycles. The lowest BCUT2D eigenvalue weighted by atomic mass is 9.78. The molecule has 8 nitrogen and oxygen atoms in total. The predicted molar refractivity (Wildman–Crippen MR) is 147 cm³/mol. The number of aryl methyl sites for hydroxylation is 2. The van der Waals surface area contributed by atoms with Crippen LogP contribution in [-0.4, -0.2) is 35.0 Å². The summed E-state index contributed by atoms with van der Waals surface area (Å²) < 4.78 is 29.2. The first-order chi connectivity index (χ1) is 17.8. The summed E-state index contributed by atoms with van der Waals surface area (Å²) in [5.41, 5.74) is 5.05. The van der Waals surface area contributed by atoms with E-state index in [0.29, 0.717) is 24.0 Å². The molecular formula is C29H31N3O5S. The van der Waals surface area contributed by atoms with Crippen LogP contribution in [0, 0.1) is 6.92 Å². The summed E-state index contributed by atoms with van der Waals surface area (Å²) in [7, 11) is -4.24. The number of carboxylic acid groups (broad SMARTS) is 1. The van der Waals surface area contributed by atoms with Gasteiger partial charge in [-0.05, 0) is 73.2 Å². The lowest BCUT2D eigenvalue weighted by Gasteiger charge is -2.28. The summed E-state index contributed by atoms with van der Waals surface area (Å²) in [4.78, 5) is 27.6. The zero-order valence-corrected chi connectivity index (χ0v) is 22.9. The average Bonchev–Trinajstić information content (AvgIpc) is 3.21. The van der Waals surface area contributed by atoms with Gasteiger partial charge in [-0.15, -0.1) is 0 Å². The smallest absolute Gasteiger partial charge is 0.418 e. The summed E-state index contributed by atoms with van der Waals surface area (Å²) in [5, 5.41) is 9.03. The number of rotatable bonds is 8. The number of carbonyl (C=O) groups is 2. The van der Waals surface area contributed by atoms with Gasteiger partial charge in [0.25, 0.3) is 10.0 Å². The fourth-order valence-electron chi connectivity index (χ4n) is 4.82. The highest BCUT2D eigenvalue weighted by molar-refractivity contribution is 7.90. The van der Waals surface area contributed by atoms with Gasteiger partial charge in [0.15, 0.2) is 5.78 Å². The summed E-state index contributed by atoms with van der Waals surface area (Å²) in [6, 6.07) is 18.5. The van der Waals surface area contributed by atoms with Gasteiger partial charge in [0.05, 0.1) is 15.9 Å². The lowest BCUT2D eigenvalue weighted by molar-refractivity contribution is 0.101. The third-order valence-electron chi connectivity index (χ3n) is 6.66. The lowest BCUT2D eigenvalue weighted by Crippen LogP contribution is -2.32. The van der Waals surface area contributed by atoms with E-state index in [2.05, 4.69) is 4.57 Å². The normalized spacial score (nSPS) is 12.0. The first-order valence-corrected chi connectivity index (χ1v) is 13.8. The molecule has 3 aromatic carbocycles. The fourth-order valence-corrected chi connectivity index (χ4v) is 6.03. The van der Waals surface area contributed by atoms with Gasteiger partial charge >= 0.3 is 6.09 Å². The Balaban J connectivity index is 1.69. The second-order valence-electron chi connectivity index (χ2n) is 10.1. The molecule has 0 aliphatic carbocycles. The molecule has 0 fully saturated rings. The van der Waals surface area contributed by atoms with Crippen LogP contribution in [0.4, 0.5) is 4.79 Å². The Kier molecular flexibility index (Phi) is 7.16. The van der Waals surface area contributed by atoms with Gasteiger partial charge in [0.1, 0.15) is 5.82 Å². The number of fused-ring (bicyclic) bond motifs is 1. The zero-order chi connectivity index (χ0) is 27.8. The van der Waals surface area contributed by atoms with Gasteiger partial charge in [-0.1, -0.05) is 50.6 Å². The molecule has 38 heavy (non-hydrogen) atoms. The molecular weight excluding hydrogens is 502 g/mol. The number of Topliss-reactive ketones (excluding diaryl/α,β-unsaturated/α-hetero) is 1. The molecule has 0 radical (unpaired) electrons. The Hall–Kier alpha value is -3.98. The number of carbonyl (C=O) groups excluding carboxylic acids is 1. The quantitative estimate of drug-likeness (QED) is 0.286. The highest BCUT2D eigenvalue weighted by atomic mass is 32.2. The van der Waals surface area contributed by atoms with Crippen LogP contribution >= 0.6 is 0 Å². The maximum atomic E-state index is 12.8. The van der Waals surface area contributed by atoms with E-state index in [-0.39, 0.29) is 10.7 Å². The molecule has 0 aliphatic heterocycles. The Bertz CT molecular complexity index is 1650. The molecule has 1 amide bonds. The van der Waals surface area contributed by atoms with Crippen molar-refractivity contribution in [3.8, 4) is 5.69 Å². The molecule has 2 N–H and O–H groups in total. The molecule has 0 atom stereocenters. The van der Waals surface area contributed by atoms with E-state index in [1.807, 2.05) is 70.2 Å². The molecule has 0 aliphatic rings. The van der Waals surface area contributed by atoms with Crippen molar-refractivity contribution in [2.45, 2.75) is 57.8 Å². The van der Waals surface area contributed by atoms with Crippen molar-refractivity contribution in [2.24, 2.45) is 0 Å². The minimum atomic E-state index is -4.24.